The second kappa shape index (κ2) is 10.6. The minimum atomic E-state index is -0.721. The van der Waals surface area contributed by atoms with Crippen molar-refractivity contribution in [1.29, 1.82) is 0 Å². The summed E-state index contributed by atoms with van der Waals surface area (Å²) in [6, 6.07) is 17.8. The third kappa shape index (κ3) is 6.03. The molecule has 0 aliphatic heterocycles. The van der Waals surface area contributed by atoms with Crippen molar-refractivity contribution in [3.63, 3.8) is 0 Å². The van der Waals surface area contributed by atoms with E-state index in [2.05, 4.69) is 16.7 Å². The van der Waals surface area contributed by atoms with Crippen LogP contribution in [0.25, 0.3) is 0 Å². The van der Waals surface area contributed by atoms with E-state index in [4.69, 9.17) is 4.74 Å². The lowest BCUT2D eigenvalue weighted by Gasteiger charge is -2.25. The second-order valence-corrected chi connectivity index (χ2v) is 7.24. The number of nitrogens with one attached hydrogen (secondary N) is 2. The van der Waals surface area contributed by atoms with Crippen LogP contribution in [0, 0.1) is 0 Å². The Kier molecular flexibility index (Phi) is 7.59. The molecule has 5 nitrogen and oxygen atoms in total. The first-order chi connectivity index (χ1) is 14.2. The third-order valence-corrected chi connectivity index (χ3v) is 5.11. The van der Waals surface area contributed by atoms with Crippen LogP contribution >= 0.6 is 0 Å². The van der Waals surface area contributed by atoms with E-state index in [9.17, 15) is 9.59 Å². The Labute approximate surface area is 172 Å². The molecule has 5 heteroatoms. The van der Waals surface area contributed by atoms with Crippen LogP contribution in [-0.4, -0.2) is 25.0 Å². The van der Waals surface area contributed by atoms with E-state index < -0.39 is 18.1 Å². The normalized spacial score (nSPS) is 15.7. The number of hydrogen-bond donors (Lipinski definition) is 2. The lowest BCUT2D eigenvalue weighted by molar-refractivity contribution is -0.143. The highest BCUT2D eigenvalue weighted by Crippen LogP contribution is 2.18. The number of esters is 1. The van der Waals surface area contributed by atoms with E-state index in [0.29, 0.717) is 6.42 Å². The van der Waals surface area contributed by atoms with E-state index in [1.54, 1.807) is 0 Å². The zero-order chi connectivity index (χ0) is 20.5. The highest BCUT2D eigenvalue weighted by molar-refractivity contribution is 5.85. The summed E-state index contributed by atoms with van der Waals surface area (Å²) in [5.74, 6) is -0.550. The van der Waals surface area contributed by atoms with Gasteiger partial charge in [0.25, 0.3) is 0 Å². The molecule has 2 aromatic rings. The molecule has 1 aliphatic carbocycles. The Bertz CT molecular complexity index is 834. The molecule has 0 heterocycles. The topological polar surface area (TPSA) is 67.4 Å². The minimum absolute atomic E-state index is 0.133. The van der Waals surface area contributed by atoms with Crippen LogP contribution in [0.2, 0.25) is 0 Å². The number of methoxy groups -OCH3 is 1. The summed E-state index contributed by atoms with van der Waals surface area (Å²) in [4.78, 5) is 25.6. The molecule has 29 heavy (non-hydrogen) atoms. The van der Waals surface area contributed by atoms with Crippen molar-refractivity contribution >= 4 is 11.9 Å². The lowest BCUT2D eigenvalue weighted by Crippen LogP contribution is -2.48. The zero-order valence-corrected chi connectivity index (χ0v) is 16.8. The van der Waals surface area contributed by atoms with Crippen LogP contribution in [-0.2, 0) is 20.7 Å². The summed E-state index contributed by atoms with van der Waals surface area (Å²) in [6.07, 6.45) is 6.67. The average molecular weight is 392 g/mol. The first-order valence-corrected chi connectivity index (χ1v) is 10.1. The molecule has 152 valence electrons. The van der Waals surface area contributed by atoms with Crippen molar-refractivity contribution in [2.45, 2.75) is 44.2 Å². The number of rotatable bonds is 8. The number of benzene rings is 2. The summed E-state index contributed by atoms with van der Waals surface area (Å²) in [7, 11) is 1.36. The third-order valence-electron chi connectivity index (χ3n) is 5.11. The molecule has 0 saturated carbocycles. The van der Waals surface area contributed by atoms with Gasteiger partial charge in [-0.05, 0) is 43.2 Å². The van der Waals surface area contributed by atoms with Crippen molar-refractivity contribution in [2.24, 2.45) is 0 Å². The van der Waals surface area contributed by atoms with Crippen molar-refractivity contribution < 1.29 is 14.3 Å². The van der Waals surface area contributed by atoms with Crippen LogP contribution in [0.5, 0.6) is 0 Å². The SMILES string of the molecule is COC(=O)C(NC(Cc1ccccc1)C(=O)NC1=CCCCC1)c1ccccc1. The summed E-state index contributed by atoms with van der Waals surface area (Å²) in [5, 5.41) is 6.31. The van der Waals surface area contributed by atoms with Gasteiger partial charge in [0.1, 0.15) is 6.04 Å². The fourth-order valence-corrected chi connectivity index (χ4v) is 3.54. The van der Waals surface area contributed by atoms with Gasteiger partial charge in [0.15, 0.2) is 0 Å². The zero-order valence-electron chi connectivity index (χ0n) is 16.8. The Balaban J connectivity index is 1.83. The van der Waals surface area contributed by atoms with Gasteiger partial charge in [0.05, 0.1) is 13.2 Å². The van der Waals surface area contributed by atoms with Crippen molar-refractivity contribution in [2.75, 3.05) is 7.11 Å². The van der Waals surface area contributed by atoms with E-state index in [1.807, 2.05) is 60.7 Å². The molecule has 3 rings (SSSR count). The van der Waals surface area contributed by atoms with Gasteiger partial charge in [-0.2, -0.15) is 0 Å². The predicted octanol–water partition coefficient (Wildman–Crippen LogP) is 3.68. The van der Waals surface area contributed by atoms with Gasteiger partial charge in [0, 0.05) is 5.70 Å². The van der Waals surface area contributed by atoms with Crippen LogP contribution in [0.4, 0.5) is 0 Å². The van der Waals surface area contributed by atoms with Gasteiger partial charge < -0.3 is 10.1 Å². The van der Waals surface area contributed by atoms with Crippen LogP contribution in [0.1, 0.15) is 42.9 Å². The molecule has 0 saturated heterocycles. The van der Waals surface area contributed by atoms with Gasteiger partial charge in [-0.25, -0.2) is 4.79 Å². The van der Waals surface area contributed by atoms with Crippen LogP contribution < -0.4 is 10.6 Å². The fraction of sp³-hybridized carbons (Fsp3) is 0.333. The lowest BCUT2D eigenvalue weighted by atomic mass is 10.0. The van der Waals surface area contributed by atoms with Crippen molar-refractivity contribution in [3.8, 4) is 0 Å². The van der Waals surface area contributed by atoms with Crippen molar-refractivity contribution in [3.05, 3.63) is 83.6 Å². The molecule has 2 N–H and O–H groups in total. The Morgan fingerprint density at radius 2 is 1.69 bits per heavy atom. The molecule has 1 aliphatic rings. The largest absolute Gasteiger partial charge is 0.468 e. The first-order valence-electron chi connectivity index (χ1n) is 10.1. The molecule has 0 bridgehead atoms. The average Bonchev–Trinajstić information content (AvgIpc) is 2.78. The molecule has 2 unspecified atom stereocenters. The molecule has 0 aromatic heterocycles. The molecular formula is C24H28N2O3. The molecule has 0 fully saturated rings. The monoisotopic (exact) mass is 392 g/mol. The molecule has 0 radical (unpaired) electrons. The van der Waals surface area contributed by atoms with Gasteiger partial charge in [-0.15, -0.1) is 0 Å². The van der Waals surface area contributed by atoms with Gasteiger partial charge in [0.2, 0.25) is 5.91 Å². The Morgan fingerprint density at radius 1 is 1.00 bits per heavy atom. The standard InChI is InChI=1S/C24H28N2O3/c1-29-24(28)22(19-13-7-3-8-14-19)26-21(17-18-11-5-2-6-12-18)23(27)25-20-15-9-4-10-16-20/h2-3,5-8,11-15,21-22,26H,4,9-10,16-17H2,1H3,(H,25,27). The summed E-state index contributed by atoms with van der Waals surface area (Å²) >= 11 is 0. The molecule has 1 amide bonds. The van der Waals surface area contributed by atoms with Crippen molar-refractivity contribution in [1.82, 2.24) is 10.6 Å². The fourth-order valence-electron chi connectivity index (χ4n) is 3.54. The minimum Gasteiger partial charge on any atom is -0.468 e. The summed E-state index contributed by atoms with van der Waals surface area (Å²) in [6.45, 7) is 0. The second-order valence-electron chi connectivity index (χ2n) is 7.24. The highest BCUT2D eigenvalue weighted by Gasteiger charge is 2.29. The predicted molar refractivity (Wildman–Crippen MR) is 113 cm³/mol. The number of hydrogen-bond acceptors (Lipinski definition) is 4. The van der Waals surface area contributed by atoms with Gasteiger partial charge >= 0.3 is 5.97 Å². The molecule has 2 atom stereocenters. The van der Waals surface area contributed by atoms with E-state index in [-0.39, 0.29) is 5.91 Å². The number of carbonyl (C=O) groups excluding carboxylic acids is 2. The molecule has 2 aromatic carbocycles. The number of ether oxygens (including phenoxy) is 1. The summed E-state index contributed by atoms with van der Waals surface area (Å²) in [5.41, 5.74) is 2.76. The van der Waals surface area contributed by atoms with Crippen LogP contribution in [0.3, 0.4) is 0 Å². The van der Waals surface area contributed by atoms with E-state index in [1.165, 1.54) is 7.11 Å². The maximum Gasteiger partial charge on any atom is 0.327 e. The quantitative estimate of drug-likeness (QED) is 0.673. The Morgan fingerprint density at radius 3 is 2.31 bits per heavy atom. The van der Waals surface area contributed by atoms with Gasteiger partial charge in [-0.3, -0.25) is 10.1 Å². The van der Waals surface area contributed by atoms with Gasteiger partial charge in [-0.1, -0.05) is 66.7 Å². The van der Waals surface area contributed by atoms with E-state index in [0.717, 1.165) is 42.5 Å². The molecule has 0 spiro atoms. The number of allylic oxidation sites excluding steroid dienone is 2. The maximum atomic E-state index is 13.1. The smallest absolute Gasteiger partial charge is 0.327 e. The highest BCUT2D eigenvalue weighted by atomic mass is 16.5. The van der Waals surface area contributed by atoms with Crippen LogP contribution in [0.15, 0.2) is 72.4 Å². The summed E-state index contributed by atoms with van der Waals surface area (Å²) < 4.78 is 5.00. The molecular weight excluding hydrogens is 364 g/mol. The maximum absolute atomic E-state index is 13.1. The number of amides is 1. The Hall–Kier alpha value is -2.92. The first kappa shape index (κ1) is 20.8. The van der Waals surface area contributed by atoms with E-state index >= 15 is 0 Å². The number of carbonyl (C=O) groups is 2.